The molecular weight excluding hydrogens is 300 g/mol. The zero-order chi connectivity index (χ0) is 17.0. The van der Waals surface area contributed by atoms with Crippen LogP contribution in [0.1, 0.15) is 21.5 Å². The number of rotatable bonds is 4. The smallest absolute Gasteiger partial charge is 0.248 e. The standard InChI is InChI=1S/C18H15F2NO2/c1-11-3-5-14(9-12(11)2)21-18(23)8-7-17(22)13-4-6-15(19)16(20)10-13/h3-10H,1-2H3,(H,21,23)/b8-7+. The summed E-state index contributed by atoms with van der Waals surface area (Å²) in [4.78, 5) is 23.6. The number of carbonyl (C=O) groups is 2. The third kappa shape index (κ3) is 4.32. The minimum absolute atomic E-state index is 0.0286. The molecule has 2 aromatic carbocycles. The lowest BCUT2D eigenvalue weighted by molar-refractivity contribution is -0.111. The summed E-state index contributed by atoms with van der Waals surface area (Å²) in [5.41, 5.74) is 2.72. The molecule has 0 aliphatic rings. The third-order valence-electron chi connectivity index (χ3n) is 3.36. The van der Waals surface area contributed by atoms with Gasteiger partial charge in [0, 0.05) is 17.3 Å². The lowest BCUT2D eigenvalue weighted by Crippen LogP contribution is -2.09. The molecule has 23 heavy (non-hydrogen) atoms. The number of halogens is 2. The molecule has 118 valence electrons. The van der Waals surface area contributed by atoms with Gasteiger partial charge in [-0.3, -0.25) is 9.59 Å². The number of hydrogen-bond acceptors (Lipinski definition) is 2. The van der Waals surface area contributed by atoms with Gasteiger partial charge in [-0.25, -0.2) is 8.78 Å². The Morgan fingerprint density at radius 3 is 2.30 bits per heavy atom. The van der Waals surface area contributed by atoms with E-state index in [-0.39, 0.29) is 5.56 Å². The van der Waals surface area contributed by atoms with Crippen LogP contribution >= 0.6 is 0 Å². The predicted molar refractivity (Wildman–Crippen MR) is 84.4 cm³/mol. The maximum absolute atomic E-state index is 13.1. The van der Waals surface area contributed by atoms with Crippen molar-refractivity contribution >= 4 is 17.4 Å². The van der Waals surface area contributed by atoms with Crippen LogP contribution in [0.4, 0.5) is 14.5 Å². The highest BCUT2D eigenvalue weighted by molar-refractivity contribution is 6.09. The molecule has 0 aromatic heterocycles. The van der Waals surface area contributed by atoms with Crippen LogP contribution in [0.5, 0.6) is 0 Å². The predicted octanol–water partition coefficient (Wildman–Crippen LogP) is 3.96. The first kappa shape index (κ1) is 16.5. The van der Waals surface area contributed by atoms with E-state index in [1.807, 2.05) is 26.0 Å². The molecule has 5 heteroatoms. The van der Waals surface area contributed by atoms with Crippen LogP contribution in [-0.2, 0) is 4.79 Å². The molecule has 1 N–H and O–H groups in total. The molecule has 0 aliphatic heterocycles. The van der Waals surface area contributed by atoms with E-state index in [0.29, 0.717) is 5.69 Å². The average Bonchev–Trinajstić information content (AvgIpc) is 2.51. The number of nitrogens with one attached hydrogen (secondary N) is 1. The second kappa shape index (κ2) is 6.96. The summed E-state index contributed by atoms with van der Waals surface area (Å²) in [5, 5.41) is 2.63. The zero-order valence-corrected chi connectivity index (χ0v) is 12.7. The van der Waals surface area contributed by atoms with Crippen LogP contribution in [-0.4, -0.2) is 11.7 Å². The fraction of sp³-hybridized carbons (Fsp3) is 0.111. The molecule has 1 amide bonds. The molecule has 0 bridgehead atoms. The van der Waals surface area contributed by atoms with Crippen LogP contribution in [0.2, 0.25) is 0 Å². The molecule has 0 radical (unpaired) electrons. The van der Waals surface area contributed by atoms with Gasteiger partial charge in [-0.2, -0.15) is 0 Å². The second-order valence-electron chi connectivity index (χ2n) is 5.11. The number of carbonyl (C=O) groups excluding carboxylic acids is 2. The largest absolute Gasteiger partial charge is 0.323 e. The Bertz CT molecular complexity index is 798. The van der Waals surface area contributed by atoms with Crippen molar-refractivity contribution in [1.82, 2.24) is 0 Å². The van der Waals surface area contributed by atoms with Gasteiger partial charge in [0.1, 0.15) is 0 Å². The molecule has 2 rings (SSSR count). The molecule has 0 saturated carbocycles. The van der Waals surface area contributed by atoms with Crippen molar-refractivity contribution in [2.24, 2.45) is 0 Å². The van der Waals surface area contributed by atoms with E-state index < -0.39 is 23.3 Å². The molecule has 0 saturated heterocycles. The second-order valence-corrected chi connectivity index (χ2v) is 5.11. The summed E-state index contributed by atoms with van der Waals surface area (Å²) in [6.45, 7) is 3.88. The lowest BCUT2D eigenvalue weighted by Gasteiger charge is -2.05. The number of ketones is 1. The minimum atomic E-state index is -1.11. The minimum Gasteiger partial charge on any atom is -0.323 e. The Balaban J connectivity index is 2.03. The van der Waals surface area contributed by atoms with Crippen molar-refractivity contribution in [3.05, 3.63) is 76.9 Å². The van der Waals surface area contributed by atoms with Crippen molar-refractivity contribution in [3.8, 4) is 0 Å². The third-order valence-corrected chi connectivity index (χ3v) is 3.36. The monoisotopic (exact) mass is 315 g/mol. The van der Waals surface area contributed by atoms with E-state index in [0.717, 1.165) is 41.5 Å². The summed E-state index contributed by atoms with van der Waals surface area (Å²) in [7, 11) is 0. The van der Waals surface area contributed by atoms with Crippen LogP contribution in [0, 0.1) is 25.5 Å². The van der Waals surface area contributed by atoms with Crippen LogP contribution in [0.25, 0.3) is 0 Å². The molecule has 0 spiro atoms. The Labute approximate surface area is 132 Å². The Hall–Kier alpha value is -2.82. The summed E-state index contributed by atoms with van der Waals surface area (Å²) in [6.07, 6.45) is 2.07. The molecular formula is C18H15F2NO2. The van der Waals surface area contributed by atoms with E-state index >= 15 is 0 Å². The fourth-order valence-corrected chi connectivity index (χ4v) is 1.90. The van der Waals surface area contributed by atoms with E-state index in [2.05, 4.69) is 5.32 Å². The number of hydrogen-bond donors (Lipinski definition) is 1. The van der Waals surface area contributed by atoms with Crippen LogP contribution in [0.15, 0.2) is 48.6 Å². The molecule has 0 fully saturated rings. The number of benzene rings is 2. The molecule has 3 nitrogen and oxygen atoms in total. The average molecular weight is 315 g/mol. The number of anilines is 1. The first-order chi connectivity index (χ1) is 10.9. The Morgan fingerprint density at radius 2 is 1.65 bits per heavy atom. The molecule has 0 aliphatic carbocycles. The van der Waals surface area contributed by atoms with E-state index in [1.54, 1.807) is 6.07 Å². The van der Waals surface area contributed by atoms with Gasteiger partial charge in [0.05, 0.1) is 0 Å². The van der Waals surface area contributed by atoms with Gasteiger partial charge >= 0.3 is 0 Å². The van der Waals surface area contributed by atoms with Crippen molar-refractivity contribution in [1.29, 1.82) is 0 Å². The normalized spacial score (nSPS) is 10.8. The SMILES string of the molecule is Cc1ccc(NC(=O)/C=C/C(=O)c2ccc(F)c(F)c2)cc1C. The molecule has 0 heterocycles. The Morgan fingerprint density at radius 1 is 0.913 bits per heavy atom. The van der Waals surface area contributed by atoms with Crippen molar-refractivity contribution in [2.45, 2.75) is 13.8 Å². The Kier molecular flexibility index (Phi) is 5.01. The van der Waals surface area contributed by atoms with Crippen molar-refractivity contribution in [3.63, 3.8) is 0 Å². The highest BCUT2D eigenvalue weighted by Gasteiger charge is 2.08. The highest BCUT2D eigenvalue weighted by atomic mass is 19.2. The van der Waals surface area contributed by atoms with Gasteiger partial charge in [-0.15, -0.1) is 0 Å². The van der Waals surface area contributed by atoms with Gasteiger partial charge in [0.25, 0.3) is 0 Å². The van der Waals surface area contributed by atoms with Gasteiger partial charge < -0.3 is 5.32 Å². The van der Waals surface area contributed by atoms with Crippen molar-refractivity contribution < 1.29 is 18.4 Å². The summed E-state index contributed by atoms with van der Waals surface area (Å²) in [5.74, 6) is -3.20. The quantitative estimate of drug-likeness (QED) is 0.686. The summed E-state index contributed by atoms with van der Waals surface area (Å²) in [6, 6.07) is 8.27. The van der Waals surface area contributed by atoms with Gasteiger partial charge in [0.2, 0.25) is 5.91 Å². The van der Waals surface area contributed by atoms with E-state index in [4.69, 9.17) is 0 Å². The van der Waals surface area contributed by atoms with Gasteiger partial charge in [-0.1, -0.05) is 6.07 Å². The first-order valence-electron chi connectivity index (χ1n) is 6.92. The molecule has 2 aromatic rings. The summed E-state index contributed by atoms with van der Waals surface area (Å²) < 4.78 is 25.9. The fourth-order valence-electron chi connectivity index (χ4n) is 1.90. The zero-order valence-electron chi connectivity index (χ0n) is 12.7. The van der Waals surface area contributed by atoms with Crippen molar-refractivity contribution in [2.75, 3.05) is 5.32 Å². The maximum Gasteiger partial charge on any atom is 0.248 e. The maximum atomic E-state index is 13.1. The van der Waals surface area contributed by atoms with Crippen LogP contribution in [0.3, 0.4) is 0 Å². The lowest BCUT2D eigenvalue weighted by atomic mass is 10.1. The number of allylic oxidation sites excluding steroid dienone is 1. The molecule has 0 unspecified atom stereocenters. The molecule has 0 atom stereocenters. The van der Waals surface area contributed by atoms with Gasteiger partial charge in [0.15, 0.2) is 17.4 Å². The highest BCUT2D eigenvalue weighted by Crippen LogP contribution is 2.14. The topological polar surface area (TPSA) is 46.2 Å². The van der Waals surface area contributed by atoms with E-state index in [9.17, 15) is 18.4 Å². The summed E-state index contributed by atoms with van der Waals surface area (Å²) >= 11 is 0. The first-order valence-corrected chi connectivity index (χ1v) is 6.92. The number of amides is 1. The van der Waals surface area contributed by atoms with Gasteiger partial charge in [-0.05, 0) is 61.4 Å². The van der Waals surface area contributed by atoms with E-state index in [1.165, 1.54) is 0 Å². The number of aryl methyl sites for hydroxylation is 2. The van der Waals surface area contributed by atoms with Crippen LogP contribution < -0.4 is 5.32 Å².